The molecule has 0 atom stereocenters. The summed E-state index contributed by atoms with van der Waals surface area (Å²) in [6.45, 7) is 0. The minimum atomic E-state index is -0.134. The van der Waals surface area contributed by atoms with E-state index in [4.69, 9.17) is 0 Å². The van der Waals surface area contributed by atoms with Crippen molar-refractivity contribution in [1.82, 2.24) is 0 Å². The molecule has 2 rings (SSSR count). The van der Waals surface area contributed by atoms with Crippen LogP contribution < -0.4 is 0 Å². The maximum absolute atomic E-state index is 11.6. The van der Waals surface area contributed by atoms with E-state index in [-0.39, 0.29) is 5.78 Å². The molecule has 3 heteroatoms. The number of halogens is 1. The fourth-order valence-electron chi connectivity index (χ4n) is 1.16. The summed E-state index contributed by atoms with van der Waals surface area (Å²) in [5.41, 5.74) is 0.826. The van der Waals surface area contributed by atoms with Gasteiger partial charge in [-0.3, -0.25) is 4.79 Å². The van der Waals surface area contributed by atoms with Crippen LogP contribution in [0, 0.1) is 11.8 Å². The molecular weight excluding hydrogens is 284 g/mol. The van der Waals surface area contributed by atoms with Crippen LogP contribution in [0.25, 0.3) is 0 Å². The molecule has 0 unspecified atom stereocenters. The van der Waals surface area contributed by atoms with Gasteiger partial charge in [0.05, 0.1) is 4.88 Å². The van der Waals surface area contributed by atoms with Crippen LogP contribution in [0.2, 0.25) is 0 Å². The number of rotatable bonds is 1. The third-order valence-electron chi connectivity index (χ3n) is 1.93. The van der Waals surface area contributed by atoms with Crippen LogP contribution in [0.1, 0.15) is 15.2 Å². The summed E-state index contributed by atoms with van der Waals surface area (Å²) in [4.78, 5) is 12.3. The van der Waals surface area contributed by atoms with Gasteiger partial charge in [0.2, 0.25) is 5.78 Å². The van der Waals surface area contributed by atoms with Crippen molar-refractivity contribution in [1.29, 1.82) is 0 Å². The molecule has 0 aliphatic heterocycles. The molecule has 1 aromatic carbocycles. The number of carbonyl (C=O) groups is 1. The zero-order chi connectivity index (χ0) is 11.4. The second-order valence-corrected chi connectivity index (χ2v) is 4.84. The summed E-state index contributed by atoms with van der Waals surface area (Å²) in [5, 5.41) is 1.87. The number of hydrogen-bond acceptors (Lipinski definition) is 2. The molecule has 0 radical (unpaired) electrons. The first-order valence-electron chi connectivity index (χ1n) is 4.62. The van der Waals surface area contributed by atoms with Crippen LogP contribution in [0.5, 0.6) is 0 Å². The van der Waals surface area contributed by atoms with Crippen molar-refractivity contribution in [2.45, 2.75) is 0 Å². The van der Waals surface area contributed by atoms with Crippen molar-refractivity contribution >= 4 is 33.0 Å². The van der Waals surface area contributed by atoms with Crippen LogP contribution in [0.3, 0.4) is 0 Å². The lowest BCUT2D eigenvalue weighted by Gasteiger charge is -1.92. The van der Waals surface area contributed by atoms with Crippen molar-refractivity contribution in [2.24, 2.45) is 0 Å². The molecule has 0 spiro atoms. The van der Waals surface area contributed by atoms with E-state index in [1.54, 1.807) is 6.07 Å². The molecule has 2 aromatic rings. The third kappa shape index (κ3) is 2.60. The normalized spacial score (nSPS) is 9.31. The van der Waals surface area contributed by atoms with E-state index in [0.29, 0.717) is 4.88 Å². The number of hydrogen-bond donors (Lipinski definition) is 0. The largest absolute Gasteiger partial charge is 0.278 e. The quantitative estimate of drug-likeness (QED) is 0.578. The smallest absolute Gasteiger partial charge is 0.246 e. The first-order valence-corrected chi connectivity index (χ1v) is 6.29. The molecule has 1 nitrogen and oxygen atoms in total. The van der Waals surface area contributed by atoms with Gasteiger partial charge < -0.3 is 0 Å². The topological polar surface area (TPSA) is 17.1 Å². The lowest BCUT2D eigenvalue weighted by Crippen LogP contribution is -1.90. The summed E-state index contributed by atoms with van der Waals surface area (Å²) in [7, 11) is 0. The fraction of sp³-hybridized carbons (Fsp3) is 0. The molecule has 0 aliphatic carbocycles. The Morgan fingerprint density at radius 1 is 1.19 bits per heavy atom. The van der Waals surface area contributed by atoms with Gasteiger partial charge in [0.25, 0.3) is 0 Å². The predicted octanol–water partition coefficient (Wildman–Crippen LogP) is 3.75. The van der Waals surface area contributed by atoms with Gasteiger partial charge in [-0.2, -0.15) is 0 Å². The highest BCUT2D eigenvalue weighted by Crippen LogP contribution is 2.14. The number of carbonyl (C=O) groups excluding carboxylic acids is 1. The second kappa shape index (κ2) is 5.11. The molecule has 0 fully saturated rings. The number of Topliss-reactive ketones (excluding diaryl/α,β-unsaturated/α-hetero) is 1. The van der Waals surface area contributed by atoms with E-state index >= 15 is 0 Å². The highest BCUT2D eigenvalue weighted by atomic mass is 79.9. The summed E-state index contributed by atoms with van der Waals surface area (Å²) >= 11 is 4.79. The van der Waals surface area contributed by atoms with Crippen molar-refractivity contribution < 1.29 is 4.79 Å². The molecular formula is C13H7BrOS. The summed E-state index contributed by atoms with van der Waals surface area (Å²) in [6.07, 6.45) is 0. The van der Waals surface area contributed by atoms with Gasteiger partial charge in [0.15, 0.2) is 0 Å². The van der Waals surface area contributed by atoms with Crippen LogP contribution in [0.15, 0.2) is 46.3 Å². The Labute approximate surface area is 106 Å². The molecule has 1 aromatic heterocycles. The Bertz CT molecular complexity index is 561. The molecule has 0 saturated carbocycles. The van der Waals surface area contributed by atoms with E-state index in [1.807, 2.05) is 35.7 Å². The van der Waals surface area contributed by atoms with Gasteiger partial charge in [0, 0.05) is 10.0 Å². The Hall–Kier alpha value is -1.37. The minimum absolute atomic E-state index is 0.134. The predicted molar refractivity (Wildman–Crippen MR) is 69.7 cm³/mol. The molecule has 16 heavy (non-hydrogen) atoms. The van der Waals surface area contributed by atoms with E-state index < -0.39 is 0 Å². The number of benzene rings is 1. The van der Waals surface area contributed by atoms with E-state index in [0.717, 1.165) is 10.0 Å². The van der Waals surface area contributed by atoms with Gasteiger partial charge in [-0.05, 0) is 45.4 Å². The highest BCUT2D eigenvalue weighted by Gasteiger charge is 2.01. The first kappa shape index (κ1) is 11.1. The molecule has 0 saturated heterocycles. The van der Waals surface area contributed by atoms with Crippen LogP contribution in [-0.4, -0.2) is 5.78 Å². The van der Waals surface area contributed by atoms with Crippen LogP contribution in [0.4, 0.5) is 0 Å². The van der Waals surface area contributed by atoms with Crippen molar-refractivity contribution in [3.05, 3.63) is 56.7 Å². The fourth-order valence-corrected chi connectivity index (χ4v) is 2.16. The lowest BCUT2D eigenvalue weighted by molar-refractivity contribution is 0.106. The van der Waals surface area contributed by atoms with E-state index in [1.165, 1.54) is 11.3 Å². The van der Waals surface area contributed by atoms with Crippen LogP contribution in [-0.2, 0) is 0 Å². The van der Waals surface area contributed by atoms with Gasteiger partial charge >= 0.3 is 0 Å². The Balaban J connectivity index is 2.23. The van der Waals surface area contributed by atoms with E-state index in [9.17, 15) is 4.79 Å². The molecule has 1 heterocycles. The number of ketones is 1. The Morgan fingerprint density at radius 3 is 2.69 bits per heavy atom. The summed E-state index contributed by atoms with van der Waals surface area (Å²) in [6, 6.07) is 11.2. The Kier molecular flexibility index (Phi) is 3.55. The monoisotopic (exact) mass is 290 g/mol. The summed E-state index contributed by atoms with van der Waals surface area (Å²) < 4.78 is 0.904. The lowest BCUT2D eigenvalue weighted by atomic mass is 10.2. The van der Waals surface area contributed by atoms with Gasteiger partial charge in [-0.25, -0.2) is 0 Å². The first-order chi connectivity index (χ1) is 7.77. The van der Waals surface area contributed by atoms with Gasteiger partial charge in [0.1, 0.15) is 0 Å². The maximum Gasteiger partial charge on any atom is 0.246 e. The molecule has 0 bridgehead atoms. The number of thiophene rings is 1. The minimum Gasteiger partial charge on any atom is -0.278 e. The standard InChI is InChI=1S/C13H7BrOS/c14-11-5-2-1-4-10(11)7-8-12(15)13-6-3-9-16-13/h1-6,9H. The third-order valence-corrected chi connectivity index (χ3v) is 3.49. The molecule has 0 N–H and O–H groups in total. The van der Waals surface area contributed by atoms with Gasteiger partial charge in [-0.15, -0.1) is 11.3 Å². The summed E-state index contributed by atoms with van der Waals surface area (Å²) in [5.74, 6) is 5.36. The zero-order valence-corrected chi connectivity index (χ0v) is 10.6. The maximum atomic E-state index is 11.6. The molecule has 0 amide bonds. The van der Waals surface area contributed by atoms with Crippen molar-refractivity contribution in [2.75, 3.05) is 0 Å². The van der Waals surface area contributed by atoms with Crippen molar-refractivity contribution in [3.63, 3.8) is 0 Å². The van der Waals surface area contributed by atoms with Gasteiger partial charge in [-0.1, -0.05) is 24.1 Å². The Morgan fingerprint density at radius 2 is 2.00 bits per heavy atom. The van der Waals surface area contributed by atoms with Crippen LogP contribution >= 0.6 is 27.3 Å². The second-order valence-electron chi connectivity index (χ2n) is 3.04. The molecule has 0 aliphatic rings. The molecule has 78 valence electrons. The average molecular weight is 291 g/mol. The highest BCUT2D eigenvalue weighted by molar-refractivity contribution is 9.10. The zero-order valence-electron chi connectivity index (χ0n) is 8.24. The van der Waals surface area contributed by atoms with Crippen molar-refractivity contribution in [3.8, 4) is 11.8 Å². The SMILES string of the molecule is O=C(C#Cc1ccccc1Br)c1cccs1. The van der Waals surface area contributed by atoms with E-state index in [2.05, 4.69) is 27.8 Å². The average Bonchev–Trinajstić information content (AvgIpc) is 2.81.